The molecular weight excluding hydrogens is 180 g/mol. The fourth-order valence-corrected chi connectivity index (χ4v) is 2.62. The Labute approximate surface area is 84.8 Å². The van der Waals surface area contributed by atoms with E-state index >= 15 is 0 Å². The molecule has 1 unspecified atom stereocenters. The Morgan fingerprint density at radius 2 is 2.00 bits per heavy atom. The smallest absolute Gasteiger partial charge is 0.243 e. The summed E-state index contributed by atoms with van der Waals surface area (Å²) in [5, 5.41) is 8.50. The van der Waals surface area contributed by atoms with Gasteiger partial charge in [-0.3, -0.25) is 10.0 Å². The zero-order valence-corrected chi connectivity index (χ0v) is 8.92. The minimum absolute atomic E-state index is 0.0916. The number of hydroxylamine groups is 1. The van der Waals surface area contributed by atoms with Gasteiger partial charge < -0.3 is 5.73 Å². The van der Waals surface area contributed by atoms with Gasteiger partial charge in [0.25, 0.3) is 0 Å². The Balaban J connectivity index is 2.64. The molecule has 4 nitrogen and oxygen atoms in total. The maximum atomic E-state index is 11.1. The van der Waals surface area contributed by atoms with Crippen LogP contribution in [0, 0.1) is 17.3 Å². The molecule has 82 valence electrons. The van der Waals surface area contributed by atoms with E-state index in [-0.39, 0.29) is 11.3 Å². The summed E-state index contributed by atoms with van der Waals surface area (Å²) in [6.07, 6.45) is 2.31. The minimum Gasteiger partial charge on any atom is -0.330 e. The molecule has 0 heterocycles. The van der Waals surface area contributed by atoms with Crippen LogP contribution in [0.1, 0.15) is 33.1 Å². The number of carbonyl (C=O) groups excluding carboxylic acids is 1. The van der Waals surface area contributed by atoms with Crippen molar-refractivity contribution in [1.82, 2.24) is 5.48 Å². The van der Waals surface area contributed by atoms with Crippen molar-refractivity contribution in [3.05, 3.63) is 0 Å². The highest BCUT2D eigenvalue weighted by Crippen LogP contribution is 2.46. The van der Waals surface area contributed by atoms with E-state index in [2.05, 4.69) is 13.8 Å². The fraction of sp³-hybridized carbons (Fsp3) is 0.900. The first kappa shape index (κ1) is 11.5. The van der Waals surface area contributed by atoms with Crippen LogP contribution in [0.4, 0.5) is 0 Å². The Morgan fingerprint density at radius 1 is 1.50 bits per heavy atom. The maximum absolute atomic E-state index is 11.1. The Kier molecular flexibility index (Phi) is 3.50. The fourth-order valence-electron chi connectivity index (χ4n) is 2.62. The van der Waals surface area contributed by atoms with Crippen molar-refractivity contribution in [2.75, 3.05) is 6.54 Å². The molecule has 1 saturated carbocycles. The van der Waals surface area contributed by atoms with Gasteiger partial charge in [0.1, 0.15) is 0 Å². The normalized spacial score (nSPS) is 37.1. The van der Waals surface area contributed by atoms with Crippen LogP contribution in [0.15, 0.2) is 0 Å². The number of hydrogen-bond donors (Lipinski definition) is 3. The van der Waals surface area contributed by atoms with Gasteiger partial charge in [-0.15, -0.1) is 0 Å². The molecule has 0 bridgehead atoms. The lowest BCUT2D eigenvalue weighted by molar-refractivity contribution is -0.131. The van der Waals surface area contributed by atoms with E-state index in [0.29, 0.717) is 24.8 Å². The molecule has 1 aliphatic carbocycles. The van der Waals surface area contributed by atoms with Gasteiger partial charge in [0.15, 0.2) is 0 Å². The van der Waals surface area contributed by atoms with Crippen LogP contribution in [-0.2, 0) is 4.79 Å². The lowest BCUT2D eigenvalue weighted by atomic mass is 9.81. The molecule has 1 aliphatic rings. The second-order valence-electron chi connectivity index (χ2n) is 4.78. The summed E-state index contributed by atoms with van der Waals surface area (Å²) < 4.78 is 0. The molecule has 14 heavy (non-hydrogen) atoms. The number of hydrogen-bond acceptors (Lipinski definition) is 3. The van der Waals surface area contributed by atoms with E-state index in [9.17, 15) is 4.79 Å². The number of nitrogens with one attached hydrogen (secondary N) is 1. The van der Waals surface area contributed by atoms with Crippen LogP contribution in [0.5, 0.6) is 0 Å². The molecule has 1 rings (SSSR count). The van der Waals surface area contributed by atoms with Crippen LogP contribution in [0.25, 0.3) is 0 Å². The second kappa shape index (κ2) is 4.28. The zero-order valence-electron chi connectivity index (χ0n) is 8.92. The molecule has 3 atom stereocenters. The molecule has 0 aromatic rings. The lowest BCUT2D eigenvalue weighted by Crippen LogP contribution is -2.34. The second-order valence-corrected chi connectivity index (χ2v) is 4.78. The van der Waals surface area contributed by atoms with Gasteiger partial charge in [-0.1, -0.05) is 13.8 Å². The summed E-state index contributed by atoms with van der Waals surface area (Å²) in [6, 6.07) is 0. The predicted octanol–water partition coefficient (Wildman–Crippen LogP) is 0.893. The SMILES string of the molecule is C[C@@H]1CC(CN)(CC(=O)NO)C[C@@H]1C. The van der Waals surface area contributed by atoms with Gasteiger partial charge >= 0.3 is 0 Å². The number of nitrogens with two attached hydrogens (primary N) is 1. The van der Waals surface area contributed by atoms with Crippen molar-refractivity contribution < 1.29 is 10.0 Å². The maximum Gasteiger partial charge on any atom is 0.243 e. The molecule has 0 aromatic carbocycles. The van der Waals surface area contributed by atoms with Gasteiger partial charge in [-0.05, 0) is 36.6 Å². The van der Waals surface area contributed by atoms with Crippen molar-refractivity contribution in [3.63, 3.8) is 0 Å². The van der Waals surface area contributed by atoms with Crippen LogP contribution in [0.2, 0.25) is 0 Å². The minimum atomic E-state index is -0.322. The average Bonchev–Trinajstić information content (AvgIpc) is 2.43. The number of rotatable bonds is 3. The Morgan fingerprint density at radius 3 is 2.36 bits per heavy atom. The van der Waals surface area contributed by atoms with Crippen molar-refractivity contribution in [3.8, 4) is 0 Å². The highest BCUT2D eigenvalue weighted by molar-refractivity contribution is 5.75. The van der Waals surface area contributed by atoms with E-state index in [4.69, 9.17) is 10.9 Å². The van der Waals surface area contributed by atoms with Gasteiger partial charge in [0, 0.05) is 6.42 Å². The predicted molar refractivity (Wildman–Crippen MR) is 53.6 cm³/mol. The quantitative estimate of drug-likeness (QED) is 0.468. The average molecular weight is 200 g/mol. The number of carbonyl (C=O) groups is 1. The van der Waals surface area contributed by atoms with Crippen molar-refractivity contribution in [2.45, 2.75) is 33.1 Å². The molecule has 1 amide bonds. The summed E-state index contributed by atoms with van der Waals surface area (Å²) in [5.41, 5.74) is 7.33. The van der Waals surface area contributed by atoms with Gasteiger partial charge in [0.05, 0.1) is 0 Å². The summed E-state index contributed by atoms with van der Waals surface area (Å²) in [6.45, 7) is 4.91. The molecule has 4 N–H and O–H groups in total. The molecular formula is C10H20N2O2. The zero-order chi connectivity index (χ0) is 10.8. The molecule has 1 fully saturated rings. The van der Waals surface area contributed by atoms with Crippen molar-refractivity contribution >= 4 is 5.91 Å². The molecule has 0 aromatic heterocycles. The standard InChI is InChI=1S/C10H20N2O2/c1-7-3-10(6-11,4-8(7)2)5-9(13)12-14/h7-8,14H,3-6,11H2,1-2H3,(H,12,13)/t7-,8+,10?. The van der Waals surface area contributed by atoms with Crippen LogP contribution >= 0.6 is 0 Å². The highest BCUT2D eigenvalue weighted by atomic mass is 16.5. The van der Waals surface area contributed by atoms with Crippen LogP contribution in [0.3, 0.4) is 0 Å². The molecule has 0 saturated heterocycles. The van der Waals surface area contributed by atoms with E-state index in [0.717, 1.165) is 12.8 Å². The highest BCUT2D eigenvalue weighted by Gasteiger charge is 2.41. The van der Waals surface area contributed by atoms with E-state index in [1.165, 1.54) is 0 Å². The van der Waals surface area contributed by atoms with Crippen LogP contribution in [-0.4, -0.2) is 17.7 Å². The summed E-state index contributed by atoms with van der Waals surface area (Å²) in [4.78, 5) is 11.1. The largest absolute Gasteiger partial charge is 0.330 e. The first-order valence-electron chi connectivity index (χ1n) is 5.16. The van der Waals surface area contributed by atoms with Gasteiger partial charge in [0.2, 0.25) is 5.91 Å². The molecule has 0 aliphatic heterocycles. The number of amides is 1. The van der Waals surface area contributed by atoms with Gasteiger partial charge in [-0.25, -0.2) is 5.48 Å². The third kappa shape index (κ3) is 2.25. The lowest BCUT2D eigenvalue weighted by Gasteiger charge is -2.26. The summed E-state index contributed by atoms with van der Waals surface area (Å²) >= 11 is 0. The van der Waals surface area contributed by atoms with Gasteiger partial charge in [-0.2, -0.15) is 0 Å². The van der Waals surface area contributed by atoms with Crippen molar-refractivity contribution in [2.24, 2.45) is 23.0 Å². The van der Waals surface area contributed by atoms with E-state index in [1.54, 1.807) is 5.48 Å². The molecule has 0 spiro atoms. The third-order valence-corrected chi connectivity index (χ3v) is 3.57. The monoisotopic (exact) mass is 200 g/mol. The first-order chi connectivity index (χ1) is 6.53. The summed E-state index contributed by atoms with van der Waals surface area (Å²) in [7, 11) is 0. The Bertz CT molecular complexity index is 208. The topological polar surface area (TPSA) is 75.4 Å². The molecule has 4 heteroatoms. The third-order valence-electron chi connectivity index (χ3n) is 3.57. The van der Waals surface area contributed by atoms with Crippen LogP contribution < -0.4 is 11.2 Å². The first-order valence-corrected chi connectivity index (χ1v) is 5.16. The Hall–Kier alpha value is -0.610. The molecule has 0 radical (unpaired) electrons. The van der Waals surface area contributed by atoms with E-state index < -0.39 is 0 Å². The van der Waals surface area contributed by atoms with Crippen molar-refractivity contribution in [1.29, 1.82) is 0 Å². The van der Waals surface area contributed by atoms with E-state index in [1.807, 2.05) is 0 Å². The summed E-state index contributed by atoms with van der Waals surface area (Å²) in [5.74, 6) is 0.909.